The van der Waals surface area contributed by atoms with E-state index in [9.17, 15) is 0 Å². The molecule has 0 aromatic carbocycles. The summed E-state index contributed by atoms with van der Waals surface area (Å²) in [6, 6.07) is 0. The summed E-state index contributed by atoms with van der Waals surface area (Å²) in [4.78, 5) is 0. The minimum absolute atomic E-state index is 0.268. The molecule has 0 saturated heterocycles. The van der Waals surface area contributed by atoms with Crippen molar-refractivity contribution < 1.29 is 0 Å². The third kappa shape index (κ3) is 7.87. The molecule has 0 unspecified atom stereocenters. The van der Waals surface area contributed by atoms with Gasteiger partial charge < -0.3 is 0 Å². The second-order valence-corrected chi connectivity index (χ2v) is 7.74. The molecule has 1 rings (SSSR count). The quantitative estimate of drug-likeness (QED) is 0.551. The first-order valence-electron chi connectivity index (χ1n) is 7.44. The van der Waals surface area contributed by atoms with Crippen LogP contribution in [0.3, 0.4) is 0 Å². The molecule has 0 atom stereocenters. The molecule has 0 amide bonds. The fraction of sp³-hybridized carbons (Fsp3) is 0.579. The summed E-state index contributed by atoms with van der Waals surface area (Å²) in [7, 11) is 0. The van der Waals surface area contributed by atoms with E-state index < -0.39 is 0 Å². The fourth-order valence-electron chi connectivity index (χ4n) is 1.96. The highest BCUT2D eigenvalue weighted by Gasteiger charge is 2.08. The molecule has 0 aliphatic heterocycles. The van der Waals surface area contributed by atoms with Crippen LogP contribution in [0.25, 0.3) is 0 Å². The Labute approximate surface area is 120 Å². The van der Waals surface area contributed by atoms with Crippen LogP contribution in [0.15, 0.2) is 47.6 Å². The van der Waals surface area contributed by atoms with Gasteiger partial charge >= 0.3 is 0 Å². The van der Waals surface area contributed by atoms with Gasteiger partial charge in [0.1, 0.15) is 0 Å². The van der Waals surface area contributed by atoms with E-state index in [0.717, 1.165) is 0 Å². The third-order valence-corrected chi connectivity index (χ3v) is 3.01. The van der Waals surface area contributed by atoms with E-state index in [-0.39, 0.29) is 10.8 Å². The lowest BCUT2D eigenvalue weighted by molar-refractivity contribution is 0.543. The van der Waals surface area contributed by atoms with Crippen molar-refractivity contribution >= 4 is 0 Å². The molecule has 0 aromatic rings. The average molecular weight is 258 g/mol. The van der Waals surface area contributed by atoms with E-state index in [2.05, 4.69) is 78.0 Å². The molecule has 0 radical (unpaired) electrons. The SMILES string of the molecule is CC(C)(C)/C=C/C=C1C=C(/C=C/C(C)(C)C)CCC/1. The summed E-state index contributed by atoms with van der Waals surface area (Å²) in [5.74, 6) is 0. The molecule has 19 heavy (non-hydrogen) atoms. The minimum Gasteiger partial charge on any atom is -0.0791 e. The van der Waals surface area contributed by atoms with Crippen molar-refractivity contribution in [1.82, 2.24) is 0 Å². The maximum atomic E-state index is 2.36. The molecular weight excluding hydrogens is 228 g/mol. The second-order valence-electron chi connectivity index (χ2n) is 7.74. The number of allylic oxidation sites excluding steroid dienone is 8. The predicted octanol–water partition coefficient (Wildman–Crippen LogP) is 6.23. The Morgan fingerprint density at radius 2 is 1.53 bits per heavy atom. The second kappa shape index (κ2) is 6.41. The fourth-order valence-corrected chi connectivity index (χ4v) is 1.96. The van der Waals surface area contributed by atoms with E-state index >= 15 is 0 Å². The molecular formula is C19H30. The van der Waals surface area contributed by atoms with Crippen LogP contribution in [0, 0.1) is 10.8 Å². The van der Waals surface area contributed by atoms with Gasteiger partial charge in [0.05, 0.1) is 0 Å². The monoisotopic (exact) mass is 258 g/mol. The van der Waals surface area contributed by atoms with Crippen LogP contribution in [0.2, 0.25) is 0 Å². The summed E-state index contributed by atoms with van der Waals surface area (Å²) in [5, 5.41) is 0. The smallest absolute Gasteiger partial charge is 0.0200 e. The summed E-state index contributed by atoms with van der Waals surface area (Å²) >= 11 is 0. The van der Waals surface area contributed by atoms with Gasteiger partial charge in [-0.15, -0.1) is 0 Å². The highest BCUT2D eigenvalue weighted by Crippen LogP contribution is 2.25. The molecule has 0 nitrogen and oxygen atoms in total. The first kappa shape index (κ1) is 16.0. The van der Waals surface area contributed by atoms with Crippen molar-refractivity contribution in [3.63, 3.8) is 0 Å². The maximum absolute atomic E-state index is 2.36. The predicted molar refractivity (Wildman–Crippen MR) is 87.2 cm³/mol. The Balaban J connectivity index is 2.74. The van der Waals surface area contributed by atoms with E-state index in [4.69, 9.17) is 0 Å². The van der Waals surface area contributed by atoms with Crippen LogP contribution in [0.4, 0.5) is 0 Å². The average Bonchev–Trinajstić information content (AvgIpc) is 2.24. The molecule has 0 heteroatoms. The van der Waals surface area contributed by atoms with Crippen molar-refractivity contribution in [3.8, 4) is 0 Å². The van der Waals surface area contributed by atoms with Gasteiger partial charge in [-0.25, -0.2) is 0 Å². The third-order valence-electron chi connectivity index (χ3n) is 3.01. The molecule has 0 aromatic heterocycles. The van der Waals surface area contributed by atoms with Crippen LogP contribution in [-0.2, 0) is 0 Å². The molecule has 0 bridgehead atoms. The highest BCUT2D eigenvalue weighted by molar-refractivity contribution is 5.35. The lowest BCUT2D eigenvalue weighted by atomic mass is 9.90. The normalized spacial score (nSPS) is 20.5. The van der Waals surface area contributed by atoms with Gasteiger partial charge in [-0.3, -0.25) is 0 Å². The number of hydrogen-bond acceptors (Lipinski definition) is 0. The van der Waals surface area contributed by atoms with E-state index in [1.807, 2.05) is 0 Å². The Kier molecular flexibility index (Phi) is 5.40. The summed E-state index contributed by atoms with van der Waals surface area (Å²) in [5.41, 5.74) is 3.47. The molecule has 1 aliphatic rings. The van der Waals surface area contributed by atoms with Gasteiger partial charge in [0, 0.05) is 0 Å². The summed E-state index contributed by atoms with van der Waals surface area (Å²) < 4.78 is 0. The van der Waals surface area contributed by atoms with E-state index in [0.29, 0.717) is 0 Å². The maximum Gasteiger partial charge on any atom is -0.0200 e. The van der Waals surface area contributed by atoms with Crippen LogP contribution in [-0.4, -0.2) is 0 Å². The molecule has 0 heterocycles. The van der Waals surface area contributed by atoms with Gasteiger partial charge in [-0.1, -0.05) is 78.0 Å². The molecule has 0 spiro atoms. The Morgan fingerprint density at radius 3 is 2.11 bits per heavy atom. The molecule has 0 N–H and O–H groups in total. The Bertz CT molecular complexity index is 400. The topological polar surface area (TPSA) is 0 Å². The van der Waals surface area contributed by atoms with Crippen LogP contribution < -0.4 is 0 Å². The van der Waals surface area contributed by atoms with Gasteiger partial charge in [-0.05, 0) is 41.2 Å². The van der Waals surface area contributed by atoms with Crippen molar-refractivity contribution in [1.29, 1.82) is 0 Å². The molecule has 1 aliphatic carbocycles. The largest absolute Gasteiger partial charge is 0.0791 e. The van der Waals surface area contributed by atoms with Gasteiger partial charge in [-0.2, -0.15) is 0 Å². The van der Waals surface area contributed by atoms with Crippen molar-refractivity contribution in [2.24, 2.45) is 10.8 Å². The number of rotatable bonds is 2. The van der Waals surface area contributed by atoms with E-state index in [1.165, 1.54) is 30.4 Å². The van der Waals surface area contributed by atoms with Crippen molar-refractivity contribution in [2.45, 2.75) is 60.8 Å². The summed E-state index contributed by atoms with van der Waals surface area (Å²) in [6.07, 6.45) is 17.4. The number of hydrogen-bond donors (Lipinski definition) is 0. The molecule has 0 saturated carbocycles. The zero-order chi connectivity index (χ0) is 14.5. The lowest BCUT2D eigenvalue weighted by Gasteiger charge is -2.15. The highest BCUT2D eigenvalue weighted by atomic mass is 14.1. The van der Waals surface area contributed by atoms with Crippen LogP contribution in [0.5, 0.6) is 0 Å². The van der Waals surface area contributed by atoms with Crippen molar-refractivity contribution in [2.75, 3.05) is 0 Å². The van der Waals surface area contributed by atoms with Gasteiger partial charge in [0.2, 0.25) is 0 Å². The minimum atomic E-state index is 0.268. The standard InChI is InChI=1S/C19H30/c1-18(2,3)13-8-11-16-9-7-10-17(15-16)12-14-19(4,5)6/h8,11-15H,7,9-10H2,1-6H3/b13-8+,14-12+,16-11+. The van der Waals surface area contributed by atoms with Crippen LogP contribution >= 0.6 is 0 Å². The lowest BCUT2D eigenvalue weighted by Crippen LogP contribution is -2.00. The van der Waals surface area contributed by atoms with Gasteiger partial charge in [0.15, 0.2) is 0 Å². The van der Waals surface area contributed by atoms with E-state index in [1.54, 1.807) is 0 Å². The Morgan fingerprint density at radius 1 is 0.895 bits per heavy atom. The van der Waals surface area contributed by atoms with Gasteiger partial charge in [0.25, 0.3) is 0 Å². The zero-order valence-corrected chi connectivity index (χ0v) is 13.6. The first-order chi connectivity index (χ1) is 8.66. The Hall–Kier alpha value is -1.04. The van der Waals surface area contributed by atoms with Crippen LogP contribution in [0.1, 0.15) is 60.8 Å². The summed E-state index contributed by atoms with van der Waals surface area (Å²) in [6.45, 7) is 13.4. The molecule has 106 valence electrons. The zero-order valence-electron chi connectivity index (χ0n) is 13.6. The first-order valence-corrected chi connectivity index (χ1v) is 7.44. The van der Waals surface area contributed by atoms with Crippen molar-refractivity contribution in [3.05, 3.63) is 47.6 Å². The molecule has 0 fully saturated rings.